The van der Waals surface area contributed by atoms with Gasteiger partial charge in [-0.2, -0.15) is 0 Å². The number of aryl methyl sites for hydroxylation is 1. The van der Waals surface area contributed by atoms with Crippen LogP contribution in [0.2, 0.25) is 0 Å². The smallest absolute Gasteiger partial charge is 0.335 e. The molecule has 2 rings (SSSR count). The maximum atomic E-state index is 12.2. The Labute approximate surface area is 127 Å². The van der Waals surface area contributed by atoms with E-state index in [1.54, 1.807) is 25.1 Å². The molecule has 21 heavy (non-hydrogen) atoms. The largest absolute Gasteiger partial charge is 0.478 e. The molecule has 1 unspecified atom stereocenters. The van der Waals surface area contributed by atoms with E-state index in [1.165, 1.54) is 16.7 Å². The van der Waals surface area contributed by atoms with Crippen molar-refractivity contribution in [3.05, 3.63) is 29.3 Å². The predicted molar refractivity (Wildman–Crippen MR) is 79.4 cm³/mol. The molecular weight excluding hydrogens is 290 g/mol. The molecule has 0 aliphatic carbocycles. The van der Waals surface area contributed by atoms with Crippen LogP contribution in [-0.4, -0.2) is 39.6 Å². The summed E-state index contributed by atoms with van der Waals surface area (Å²) in [5, 5.41) is 8.67. The lowest BCUT2D eigenvalue weighted by atomic mass is 10.1. The van der Waals surface area contributed by atoms with E-state index >= 15 is 0 Å². The third-order valence-corrected chi connectivity index (χ3v) is 4.55. The fourth-order valence-corrected chi connectivity index (χ4v) is 3.39. The minimum atomic E-state index is -0.989. The average Bonchev–Trinajstić information content (AvgIpc) is 2.69. The van der Waals surface area contributed by atoms with Crippen LogP contribution >= 0.6 is 11.8 Å². The van der Waals surface area contributed by atoms with Crippen LogP contribution in [0.25, 0.3) is 0 Å². The van der Waals surface area contributed by atoms with Gasteiger partial charge in [-0.05, 0) is 31.0 Å². The van der Waals surface area contributed by atoms with Crippen LogP contribution in [0.5, 0.6) is 0 Å². The number of hydrogen-bond donors (Lipinski definition) is 1. The summed E-state index contributed by atoms with van der Waals surface area (Å²) in [6.45, 7) is 4.09. The van der Waals surface area contributed by atoms with Gasteiger partial charge in [0.2, 0.25) is 11.8 Å². The number of carbonyl (C=O) groups is 3. The van der Waals surface area contributed by atoms with Gasteiger partial charge < -0.3 is 5.11 Å². The van der Waals surface area contributed by atoms with Crippen molar-refractivity contribution in [1.82, 2.24) is 4.90 Å². The van der Waals surface area contributed by atoms with Crippen molar-refractivity contribution in [1.29, 1.82) is 0 Å². The Bertz CT molecular complexity index is 599. The fraction of sp³-hybridized carbons (Fsp3) is 0.400. The molecule has 5 nitrogen and oxygen atoms in total. The molecule has 0 spiro atoms. The first-order valence-corrected chi connectivity index (χ1v) is 7.66. The molecule has 1 aromatic carbocycles. The van der Waals surface area contributed by atoms with Gasteiger partial charge in [-0.3, -0.25) is 14.5 Å². The maximum Gasteiger partial charge on any atom is 0.335 e. The summed E-state index contributed by atoms with van der Waals surface area (Å²) in [5.74, 6) is -1.31. The molecule has 112 valence electrons. The second-order valence-corrected chi connectivity index (χ2v) is 6.25. The van der Waals surface area contributed by atoms with Crippen LogP contribution in [0.3, 0.4) is 0 Å². The molecule has 1 aromatic rings. The molecule has 1 N–H and O–H groups in total. The average molecular weight is 307 g/mol. The van der Waals surface area contributed by atoms with Gasteiger partial charge in [0.1, 0.15) is 0 Å². The maximum absolute atomic E-state index is 12.2. The van der Waals surface area contributed by atoms with Crippen molar-refractivity contribution < 1.29 is 19.5 Å². The molecule has 1 aliphatic rings. The zero-order valence-electron chi connectivity index (χ0n) is 12.0. The number of carboxylic acids is 1. The molecule has 1 fully saturated rings. The van der Waals surface area contributed by atoms with Gasteiger partial charge in [0.05, 0.1) is 10.8 Å². The Hall–Kier alpha value is -1.82. The Morgan fingerprint density at radius 3 is 2.76 bits per heavy atom. The molecule has 0 aromatic heterocycles. The van der Waals surface area contributed by atoms with E-state index in [0.29, 0.717) is 17.0 Å². The van der Waals surface area contributed by atoms with E-state index in [0.717, 1.165) is 6.42 Å². The van der Waals surface area contributed by atoms with E-state index in [4.69, 9.17) is 5.11 Å². The summed E-state index contributed by atoms with van der Waals surface area (Å²) in [6, 6.07) is 5.06. The van der Waals surface area contributed by atoms with Gasteiger partial charge in [-0.1, -0.05) is 13.0 Å². The van der Waals surface area contributed by atoms with Crippen molar-refractivity contribution in [2.24, 2.45) is 0 Å². The Kier molecular flexibility index (Phi) is 4.67. The monoisotopic (exact) mass is 307 g/mol. The molecule has 1 heterocycles. The summed E-state index contributed by atoms with van der Waals surface area (Å²) < 4.78 is 0. The number of thioether (sulfide) groups is 1. The lowest BCUT2D eigenvalue weighted by Crippen LogP contribution is -2.31. The van der Waals surface area contributed by atoms with Gasteiger partial charge in [-0.15, -0.1) is 11.8 Å². The minimum absolute atomic E-state index is 0.148. The number of aromatic carboxylic acids is 1. The number of imide groups is 1. The SMILES string of the molecule is CCCN1C(=O)CC(Sc2ccc(C)c(C(=O)O)c2)C1=O. The summed E-state index contributed by atoms with van der Waals surface area (Å²) in [4.78, 5) is 37.1. The summed E-state index contributed by atoms with van der Waals surface area (Å²) in [6.07, 6.45) is 0.919. The predicted octanol–water partition coefficient (Wildman–Crippen LogP) is 2.32. The molecule has 2 amide bonds. The number of likely N-dealkylation sites (tertiary alicyclic amines) is 1. The highest BCUT2D eigenvalue weighted by molar-refractivity contribution is 8.00. The van der Waals surface area contributed by atoms with Gasteiger partial charge >= 0.3 is 5.97 Å². The second-order valence-electron chi connectivity index (χ2n) is 4.98. The zero-order valence-corrected chi connectivity index (χ0v) is 12.8. The van der Waals surface area contributed by atoms with Crippen LogP contribution in [0.1, 0.15) is 35.7 Å². The number of carboxylic acid groups (broad SMARTS) is 1. The van der Waals surface area contributed by atoms with Crippen molar-refractivity contribution in [3.63, 3.8) is 0 Å². The molecule has 1 saturated heterocycles. The molecular formula is C15H17NO4S. The molecule has 1 aliphatic heterocycles. The Morgan fingerprint density at radius 2 is 2.14 bits per heavy atom. The van der Waals surface area contributed by atoms with E-state index in [2.05, 4.69) is 0 Å². The normalized spacial score (nSPS) is 18.4. The minimum Gasteiger partial charge on any atom is -0.478 e. The Morgan fingerprint density at radius 1 is 1.43 bits per heavy atom. The van der Waals surface area contributed by atoms with Gasteiger partial charge in [0.15, 0.2) is 0 Å². The van der Waals surface area contributed by atoms with Crippen LogP contribution < -0.4 is 0 Å². The van der Waals surface area contributed by atoms with E-state index in [-0.39, 0.29) is 23.8 Å². The topological polar surface area (TPSA) is 74.7 Å². The number of hydrogen-bond acceptors (Lipinski definition) is 4. The standard InChI is InChI=1S/C15H17NO4S/c1-3-6-16-13(17)8-12(14(16)18)21-10-5-4-9(2)11(7-10)15(19)20/h4-5,7,12H,3,6,8H2,1-2H3,(H,19,20). The van der Waals surface area contributed by atoms with Crippen LogP contribution in [-0.2, 0) is 9.59 Å². The molecule has 0 saturated carbocycles. The summed E-state index contributed by atoms with van der Waals surface area (Å²) in [7, 11) is 0. The number of benzene rings is 1. The summed E-state index contributed by atoms with van der Waals surface area (Å²) >= 11 is 1.26. The third-order valence-electron chi connectivity index (χ3n) is 3.37. The van der Waals surface area contributed by atoms with Gasteiger partial charge in [0, 0.05) is 17.9 Å². The zero-order chi connectivity index (χ0) is 15.6. The fourth-order valence-electron chi connectivity index (χ4n) is 2.27. The van der Waals surface area contributed by atoms with Crippen LogP contribution in [0, 0.1) is 6.92 Å². The van der Waals surface area contributed by atoms with Gasteiger partial charge in [0.25, 0.3) is 0 Å². The molecule has 0 bridgehead atoms. The van der Waals surface area contributed by atoms with Crippen molar-refractivity contribution in [2.75, 3.05) is 6.54 Å². The number of rotatable bonds is 5. The third kappa shape index (κ3) is 3.26. The highest BCUT2D eigenvalue weighted by Gasteiger charge is 2.38. The quantitative estimate of drug-likeness (QED) is 0.845. The van der Waals surface area contributed by atoms with Gasteiger partial charge in [-0.25, -0.2) is 4.79 Å². The van der Waals surface area contributed by atoms with E-state index < -0.39 is 11.2 Å². The molecule has 0 radical (unpaired) electrons. The van der Waals surface area contributed by atoms with Crippen molar-refractivity contribution in [2.45, 2.75) is 36.8 Å². The van der Waals surface area contributed by atoms with Crippen molar-refractivity contribution in [3.8, 4) is 0 Å². The highest BCUT2D eigenvalue weighted by atomic mass is 32.2. The number of nitrogens with zero attached hydrogens (tertiary/aromatic N) is 1. The van der Waals surface area contributed by atoms with E-state index in [1.807, 2.05) is 6.92 Å². The Balaban J connectivity index is 2.16. The second kappa shape index (κ2) is 6.30. The summed E-state index contributed by atoms with van der Waals surface area (Å²) in [5.41, 5.74) is 0.899. The first kappa shape index (κ1) is 15.6. The number of amides is 2. The lowest BCUT2D eigenvalue weighted by molar-refractivity contribution is -0.138. The lowest BCUT2D eigenvalue weighted by Gasteiger charge is -2.13. The first-order chi connectivity index (χ1) is 9.93. The molecule has 1 atom stereocenters. The first-order valence-electron chi connectivity index (χ1n) is 6.78. The number of carbonyl (C=O) groups excluding carboxylic acids is 2. The van der Waals surface area contributed by atoms with Crippen molar-refractivity contribution >= 4 is 29.5 Å². The van der Waals surface area contributed by atoms with Crippen LogP contribution in [0.15, 0.2) is 23.1 Å². The highest BCUT2D eigenvalue weighted by Crippen LogP contribution is 2.32. The molecule has 6 heteroatoms. The van der Waals surface area contributed by atoms with Crippen LogP contribution in [0.4, 0.5) is 0 Å². The van der Waals surface area contributed by atoms with E-state index in [9.17, 15) is 14.4 Å².